The van der Waals surface area contributed by atoms with Crippen LogP contribution in [0.5, 0.6) is 0 Å². The molecule has 0 spiro atoms. The average molecular weight is 384 g/mol. The minimum Gasteiger partial charge on any atom is -0.382 e. The zero-order valence-electron chi connectivity index (χ0n) is 14.6. The smallest absolute Gasteiger partial charge is 0.223 e. The summed E-state index contributed by atoms with van der Waals surface area (Å²) < 4.78 is 43.1. The minimum absolute atomic E-state index is 0.00260. The molecule has 1 unspecified atom stereocenters. The summed E-state index contributed by atoms with van der Waals surface area (Å²) in [6.07, 6.45) is -0.115. The predicted octanol–water partition coefficient (Wildman–Crippen LogP) is 0.555. The van der Waals surface area contributed by atoms with E-state index in [1.807, 2.05) is 6.92 Å². The van der Waals surface area contributed by atoms with Crippen molar-refractivity contribution in [2.45, 2.75) is 59.9 Å². The molecule has 26 heavy (non-hydrogen) atoms. The van der Waals surface area contributed by atoms with E-state index < -0.39 is 45.3 Å². The third kappa shape index (κ3) is 2.55. The van der Waals surface area contributed by atoms with Crippen molar-refractivity contribution in [3.05, 3.63) is 29.8 Å². The summed E-state index contributed by atoms with van der Waals surface area (Å²) >= 11 is 0. The SMILES string of the molecule is Cc1ccc(S(=O)(=O)[C@@]2(O)CO[C@H]3[C@@H]2OC[C@@]3(O)C2CCCCO2)cc1. The number of hydrogen-bond donors (Lipinski definition) is 2. The highest BCUT2D eigenvalue weighted by Gasteiger charge is 2.69. The second-order valence-corrected chi connectivity index (χ2v) is 9.66. The summed E-state index contributed by atoms with van der Waals surface area (Å²) in [5.74, 6) is 0. The Morgan fingerprint density at radius 3 is 2.35 bits per heavy atom. The lowest BCUT2D eigenvalue weighted by molar-refractivity contribution is -0.168. The molecule has 0 aromatic heterocycles. The van der Waals surface area contributed by atoms with Crippen molar-refractivity contribution in [3.8, 4) is 0 Å². The Morgan fingerprint density at radius 1 is 1.00 bits per heavy atom. The normalized spacial score (nSPS) is 40.5. The van der Waals surface area contributed by atoms with Gasteiger partial charge in [-0.3, -0.25) is 0 Å². The first-order valence-electron chi connectivity index (χ1n) is 8.90. The van der Waals surface area contributed by atoms with Crippen LogP contribution < -0.4 is 0 Å². The van der Waals surface area contributed by atoms with Crippen LogP contribution in [0.25, 0.3) is 0 Å². The molecule has 3 aliphatic rings. The molecular weight excluding hydrogens is 360 g/mol. The van der Waals surface area contributed by atoms with Gasteiger partial charge in [0.2, 0.25) is 14.8 Å². The third-order valence-electron chi connectivity index (χ3n) is 5.71. The first-order valence-corrected chi connectivity index (χ1v) is 10.4. The number of ether oxygens (including phenoxy) is 3. The van der Waals surface area contributed by atoms with Crippen LogP contribution in [-0.2, 0) is 24.0 Å². The zero-order chi connectivity index (χ0) is 18.6. The molecule has 3 aliphatic heterocycles. The van der Waals surface area contributed by atoms with Gasteiger partial charge in [-0.05, 0) is 38.3 Å². The van der Waals surface area contributed by atoms with Crippen LogP contribution in [0.1, 0.15) is 24.8 Å². The van der Waals surface area contributed by atoms with E-state index in [0.717, 1.165) is 18.4 Å². The van der Waals surface area contributed by atoms with Gasteiger partial charge in [-0.15, -0.1) is 0 Å². The van der Waals surface area contributed by atoms with Crippen LogP contribution in [0, 0.1) is 6.92 Å². The molecule has 3 fully saturated rings. The van der Waals surface area contributed by atoms with Crippen LogP contribution in [-0.4, -0.2) is 67.3 Å². The Kier molecular flexibility index (Phi) is 4.41. The lowest BCUT2D eigenvalue weighted by Crippen LogP contribution is -2.56. The van der Waals surface area contributed by atoms with Crippen LogP contribution in [0.15, 0.2) is 29.2 Å². The molecule has 2 N–H and O–H groups in total. The first-order chi connectivity index (χ1) is 12.3. The van der Waals surface area contributed by atoms with Crippen molar-refractivity contribution in [2.24, 2.45) is 0 Å². The molecule has 0 amide bonds. The number of aryl methyl sites for hydroxylation is 1. The molecule has 1 aromatic rings. The van der Waals surface area contributed by atoms with Crippen molar-refractivity contribution >= 4 is 9.84 Å². The summed E-state index contributed by atoms with van der Waals surface area (Å²) in [5, 5.41) is 22.2. The maximum absolute atomic E-state index is 13.1. The Labute approximate surface area is 152 Å². The molecule has 8 heteroatoms. The molecule has 5 atom stereocenters. The van der Waals surface area contributed by atoms with E-state index in [0.29, 0.717) is 13.0 Å². The van der Waals surface area contributed by atoms with Gasteiger partial charge in [0.1, 0.15) is 17.8 Å². The molecule has 1 aromatic carbocycles. The van der Waals surface area contributed by atoms with Gasteiger partial charge in [0.15, 0.2) is 0 Å². The maximum atomic E-state index is 13.1. The van der Waals surface area contributed by atoms with Gasteiger partial charge < -0.3 is 24.4 Å². The van der Waals surface area contributed by atoms with Gasteiger partial charge in [0, 0.05) is 6.61 Å². The van der Waals surface area contributed by atoms with Gasteiger partial charge in [-0.25, -0.2) is 8.42 Å². The Hall–Kier alpha value is -1.03. The van der Waals surface area contributed by atoms with E-state index in [9.17, 15) is 18.6 Å². The number of rotatable bonds is 3. The van der Waals surface area contributed by atoms with Crippen molar-refractivity contribution in [1.82, 2.24) is 0 Å². The number of aliphatic hydroxyl groups is 2. The number of hydrogen-bond acceptors (Lipinski definition) is 7. The van der Waals surface area contributed by atoms with E-state index >= 15 is 0 Å². The monoisotopic (exact) mass is 384 g/mol. The summed E-state index contributed by atoms with van der Waals surface area (Å²) in [4.78, 5) is -2.24. The summed E-state index contributed by atoms with van der Waals surface area (Å²) in [6, 6.07) is 6.26. The van der Waals surface area contributed by atoms with Crippen molar-refractivity contribution in [3.63, 3.8) is 0 Å². The fourth-order valence-electron chi connectivity index (χ4n) is 4.11. The number of fused-ring (bicyclic) bond motifs is 1. The summed E-state index contributed by atoms with van der Waals surface area (Å²) in [6.45, 7) is 1.81. The molecule has 3 saturated heterocycles. The van der Waals surface area contributed by atoms with Gasteiger partial charge in [0.25, 0.3) is 0 Å². The highest BCUT2D eigenvalue weighted by molar-refractivity contribution is 7.92. The third-order valence-corrected chi connectivity index (χ3v) is 7.88. The molecule has 0 aliphatic carbocycles. The zero-order valence-corrected chi connectivity index (χ0v) is 15.4. The van der Waals surface area contributed by atoms with Crippen molar-refractivity contribution in [2.75, 3.05) is 19.8 Å². The Bertz CT molecular complexity index is 771. The van der Waals surface area contributed by atoms with E-state index in [1.165, 1.54) is 12.1 Å². The Morgan fingerprint density at radius 2 is 1.69 bits per heavy atom. The maximum Gasteiger partial charge on any atom is 0.223 e. The lowest BCUT2D eigenvalue weighted by Gasteiger charge is -2.37. The molecule has 0 saturated carbocycles. The highest BCUT2D eigenvalue weighted by atomic mass is 32.2. The van der Waals surface area contributed by atoms with E-state index in [1.54, 1.807) is 12.1 Å². The summed E-state index contributed by atoms with van der Waals surface area (Å²) in [5.41, 5.74) is -0.546. The van der Waals surface area contributed by atoms with Crippen LogP contribution in [0.2, 0.25) is 0 Å². The standard InChI is InChI=1S/C18H24O7S/c1-12-5-7-13(8-6-12)26(21,22)18(20)11-25-15-16(18)24-10-17(15,19)14-4-2-3-9-23-14/h5-8,14-16,19-20H,2-4,9-11H2,1H3/t14?,15-,16-,17+,18-/m0/s1. The quantitative estimate of drug-likeness (QED) is 0.785. The van der Waals surface area contributed by atoms with Gasteiger partial charge in [0.05, 0.1) is 24.2 Å². The highest BCUT2D eigenvalue weighted by Crippen LogP contribution is 2.46. The molecular formula is C18H24O7S. The molecule has 0 bridgehead atoms. The first kappa shape index (κ1) is 18.3. The molecule has 7 nitrogen and oxygen atoms in total. The predicted molar refractivity (Wildman–Crippen MR) is 91.3 cm³/mol. The van der Waals surface area contributed by atoms with E-state index in [4.69, 9.17) is 14.2 Å². The topological polar surface area (TPSA) is 102 Å². The van der Waals surface area contributed by atoms with E-state index in [-0.39, 0.29) is 11.5 Å². The van der Waals surface area contributed by atoms with Gasteiger partial charge >= 0.3 is 0 Å². The van der Waals surface area contributed by atoms with Crippen LogP contribution in [0.3, 0.4) is 0 Å². The van der Waals surface area contributed by atoms with Crippen molar-refractivity contribution < 1.29 is 32.8 Å². The second kappa shape index (κ2) is 6.25. The lowest BCUT2D eigenvalue weighted by atomic mass is 9.86. The molecule has 0 radical (unpaired) electrons. The fraction of sp³-hybridized carbons (Fsp3) is 0.667. The minimum atomic E-state index is -4.14. The average Bonchev–Trinajstić information content (AvgIpc) is 3.17. The Balaban J connectivity index is 1.64. The molecule has 144 valence electrons. The number of benzene rings is 1. The van der Waals surface area contributed by atoms with Gasteiger partial charge in [-0.1, -0.05) is 17.7 Å². The van der Waals surface area contributed by atoms with E-state index in [2.05, 4.69) is 0 Å². The largest absolute Gasteiger partial charge is 0.382 e. The second-order valence-electron chi connectivity index (χ2n) is 7.47. The summed E-state index contributed by atoms with van der Waals surface area (Å²) in [7, 11) is -4.14. The molecule has 4 rings (SSSR count). The molecule has 3 heterocycles. The van der Waals surface area contributed by atoms with Crippen LogP contribution >= 0.6 is 0 Å². The van der Waals surface area contributed by atoms with Crippen LogP contribution in [0.4, 0.5) is 0 Å². The fourth-order valence-corrected chi connectivity index (χ4v) is 5.73. The van der Waals surface area contributed by atoms with Gasteiger partial charge in [-0.2, -0.15) is 0 Å². The van der Waals surface area contributed by atoms with Crippen molar-refractivity contribution in [1.29, 1.82) is 0 Å². The number of sulfone groups is 1.